The molecule has 2 nitrogen and oxygen atoms in total. The molecule has 0 heterocycles. The summed E-state index contributed by atoms with van der Waals surface area (Å²) >= 11 is 0. The van der Waals surface area contributed by atoms with Gasteiger partial charge in [-0.3, -0.25) is 0 Å². The first-order valence-corrected chi connectivity index (χ1v) is 3.74. The van der Waals surface area contributed by atoms with E-state index >= 15 is 0 Å². The quantitative estimate of drug-likeness (QED) is 0.655. The van der Waals surface area contributed by atoms with Crippen LogP contribution in [0.2, 0.25) is 0 Å². The molecule has 0 rings (SSSR count). The Kier molecular flexibility index (Phi) is 3.91. The van der Waals surface area contributed by atoms with Gasteiger partial charge in [-0.2, -0.15) is 0 Å². The molecular formula is C8H18O2. The lowest BCUT2D eigenvalue weighted by Crippen LogP contribution is -2.21. The van der Waals surface area contributed by atoms with Crippen molar-refractivity contribution < 1.29 is 9.84 Å². The van der Waals surface area contributed by atoms with Gasteiger partial charge in [0.15, 0.2) is 0 Å². The Morgan fingerprint density at radius 2 is 1.90 bits per heavy atom. The molecule has 0 spiro atoms. The number of hydrogen-bond donors (Lipinski definition) is 1. The Labute approximate surface area is 63.2 Å². The summed E-state index contributed by atoms with van der Waals surface area (Å²) in [6.07, 6.45) is 0.472. The van der Waals surface area contributed by atoms with Gasteiger partial charge in [0.2, 0.25) is 0 Å². The molecular weight excluding hydrogens is 128 g/mol. The minimum atomic E-state index is -0.248. The zero-order valence-corrected chi connectivity index (χ0v) is 7.35. The topological polar surface area (TPSA) is 29.5 Å². The Bertz CT molecular complexity index is 81.7. The molecule has 0 radical (unpaired) electrons. The molecule has 0 amide bonds. The molecule has 0 unspecified atom stereocenters. The van der Waals surface area contributed by atoms with Crippen molar-refractivity contribution in [1.29, 1.82) is 0 Å². The maximum absolute atomic E-state index is 8.87. The molecule has 62 valence electrons. The molecule has 0 aliphatic carbocycles. The molecule has 10 heavy (non-hydrogen) atoms. The van der Waals surface area contributed by atoms with E-state index in [4.69, 9.17) is 9.84 Å². The van der Waals surface area contributed by atoms with Gasteiger partial charge in [-0.25, -0.2) is 0 Å². The van der Waals surface area contributed by atoms with Gasteiger partial charge in [-0.15, -0.1) is 0 Å². The third kappa shape index (κ3) is 7.92. The second-order valence-electron chi connectivity index (χ2n) is 3.60. The van der Waals surface area contributed by atoms with Crippen LogP contribution in [0.3, 0.4) is 0 Å². The van der Waals surface area contributed by atoms with E-state index in [-0.39, 0.29) is 11.7 Å². The molecule has 0 aliphatic rings. The third-order valence-electron chi connectivity index (χ3n) is 1.07. The van der Waals surface area contributed by atoms with Gasteiger partial charge in [0.25, 0.3) is 0 Å². The van der Waals surface area contributed by atoms with E-state index < -0.39 is 0 Å². The molecule has 0 saturated heterocycles. The van der Waals surface area contributed by atoms with E-state index in [0.717, 1.165) is 6.42 Å². The number of aliphatic hydroxyl groups is 1. The number of aliphatic hydroxyl groups excluding tert-OH is 1. The standard InChI is InChI=1S/C8H18O2/c1-7(9)5-6-10-8(2,3)4/h7,9H,5-6H2,1-4H3/t7-/m1/s1. The average molecular weight is 146 g/mol. The number of ether oxygens (including phenoxy) is 1. The largest absolute Gasteiger partial charge is 0.393 e. The van der Waals surface area contributed by atoms with Crippen molar-refractivity contribution in [2.75, 3.05) is 6.61 Å². The first-order chi connectivity index (χ1) is 4.42. The van der Waals surface area contributed by atoms with Gasteiger partial charge >= 0.3 is 0 Å². The van der Waals surface area contributed by atoms with Gasteiger partial charge in [0.1, 0.15) is 0 Å². The summed E-state index contributed by atoms with van der Waals surface area (Å²) in [7, 11) is 0. The average Bonchev–Trinajstić information content (AvgIpc) is 1.59. The van der Waals surface area contributed by atoms with Gasteiger partial charge in [0, 0.05) is 6.61 Å². The maximum atomic E-state index is 8.87. The highest BCUT2D eigenvalue weighted by Crippen LogP contribution is 2.07. The summed E-state index contributed by atoms with van der Waals surface area (Å²) in [5.74, 6) is 0. The Hall–Kier alpha value is -0.0800. The molecule has 0 aromatic carbocycles. The van der Waals surface area contributed by atoms with Gasteiger partial charge < -0.3 is 9.84 Å². The smallest absolute Gasteiger partial charge is 0.0598 e. The Balaban J connectivity index is 3.21. The van der Waals surface area contributed by atoms with Gasteiger partial charge in [-0.05, 0) is 34.1 Å². The molecule has 0 aromatic heterocycles. The van der Waals surface area contributed by atoms with Crippen molar-refractivity contribution in [3.8, 4) is 0 Å². The second kappa shape index (κ2) is 3.94. The highest BCUT2D eigenvalue weighted by Gasteiger charge is 2.09. The normalized spacial score (nSPS) is 15.3. The summed E-state index contributed by atoms with van der Waals surface area (Å²) in [5, 5.41) is 8.87. The first kappa shape index (κ1) is 9.92. The van der Waals surface area contributed by atoms with Crippen LogP contribution in [0.4, 0.5) is 0 Å². The highest BCUT2D eigenvalue weighted by molar-refractivity contribution is 4.59. The van der Waals surface area contributed by atoms with Crippen molar-refractivity contribution in [3.05, 3.63) is 0 Å². The van der Waals surface area contributed by atoms with Crippen molar-refractivity contribution in [1.82, 2.24) is 0 Å². The van der Waals surface area contributed by atoms with Crippen LogP contribution >= 0.6 is 0 Å². The highest BCUT2D eigenvalue weighted by atomic mass is 16.5. The monoisotopic (exact) mass is 146 g/mol. The predicted octanol–water partition coefficient (Wildman–Crippen LogP) is 1.57. The zero-order valence-electron chi connectivity index (χ0n) is 7.35. The summed E-state index contributed by atoms with van der Waals surface area (Å²) in [4.78, 5) is 0. The van der Waals surface area contributed by atoms with E-state index in [2.05, 4.69) is 0 Å². The lowest BCUT2D eigenvalue weighted by Gasteiger charge is -2.19. The third-order valence-corrected chi connectivity index (χ3v) is 1.07. The second-order valence-corrected chi connectivity index (χ2v) is 3.60. The minimum Gasteiger partial charge on any atom is -0.393 e. The van der Waals surface area contributed by atoms with Crippen LogP contribution in [-0.2, 0) is 4.74 Å². The van der Waals surface area contributed by atoms with Crippen LogP contribution in [0.25, 0.3) is 0 Å². The molecule has 0 saturated carbocycles. The minimum absolute atomic E-state index is 0.0745. The van der Waals surface area contributed by atoms with Crippen molar-refractivity contribution in [2.45, 2.75) is 45.8 Å². The van der Waals surface area contributed by atoms with Crippen molar-refractivity contribution in [2.24, 2.45) is 0 Å². The Morgan fingerprint density at radius 1 is 1.40 bits per heavy atom. The number of rotatable bonds is 3. The fourth-order valence-corrected chi connectivity index (χ4v) is 0.536. The summed E-state index contributed by atoms with van der Waals surface area (Å²) < 4.78 is 5.38. The molecule has 2 heteroatoms. The van der Waals surface area contributed by atoms with Crippen LogP contribution in [-0.4, -0.2) is 23.4 Å². The van der Waals surface area contributed by atoms with Crippen LogP contribution < -0.4 is 0 Å². The van der Waals surface area contributed by atoms with Crippen LogP contribution in [0.1, 0.15) is 34.1 Å². The summed E-state index contributed by atoms with van der Waals surface area (Å²) in [6, 6.07) is 0. The van der Waals surface area contributed by atoms with E-state index in [9.17, 15) is 0 Å². The van der Waals surface area contributed by atoms with E-state index in [1.54, 1.807) is 6.92 Å². The molecule has 0 aromatic rings. The van der Waals surface area contributed by atoms with Gasteiger partial charge in [-0.1, -0.05) is 0 Å². The molecule has 0 fully saturated rings. The fourth-order valence-electron chi connectivity index (χ4n) is 0.536. The lowest BCUT2D eigenvalue weighted by atomic mass is 10.2. The zero-order chi connectivity index (χ0) is 8.20. The number of hydrogen-bond acceptors (Lipinski definition) is 2. The van der Waals surface area contributed by atoms with Crippen LogP contribution in [0, 0.1) is 0 Å². The fraction of sp³-hybridized carbons (Fsp3) is 1.00. The predicted molar refractivity (Wildman–Crippen MR) is 42.0 cm³/mol. The molecule has 0 bridgehead atoms. The molecule has 1 N–H and O–H groups in total. The van der Waals surface area contributed by atoms with E-state index in [1.165, 1.54) is 0 Å². The first-order valence-electron chi connectivity index (χ1n) is 3.74. The van der Waals surface area contributed by atoms with Crippen LogP contribution in [0.15, 0.2) is 0 Å². The summed E-state index contributed by atoms with van der Waals surface area (Å²) in [6.45, 7) is 8.44. The van der Waals surface area contributed by atoms with Crippen molar-refractivity contribution in [3.63, 3.8) is 0 Å². The van der Waals surface area contributed by atoms with E-state index in [1.807, 2.05) is 20.8 Å². The van der Waals surface area contributed by atoms with E-state index in [0.29, 0.717) is 6.61 Å². The van der Waals surface area contributed by atoms with Crippen LogP contribution in [0.5, 0.6) is 0 Å². The molecule has 0 aliphatic heterocycles. The Morgan fingerprint density at radius 3 is 2.20 bits per heavy atom. The molecule has 1 atom stereocenters. The maximum Gasteiger partial charge on any atom is 0.0598 e. The van der Waals surface area contributed by atoms with Gasteiger partial charge in [0.05, 0.1) is 11.7 Å². The summed E-state index contributed by atoms with van der Waals surface area (Å²) in [5.41, 5.74) is -0.0745. The van der Waals surface area contributed by atoms with Crippen molar-refractivity contribution >= 4 is 0 Å². The lowest BCUT2D eigenvalue weighted by molar-refractivity contribution is -0.0163. The SMILES string of the molecule is C[C@@H](O)CCOC(C)(C)C.